The number of likely N-dealkylation sites (N-methyl/N-ethyl adjacent to an activating group) is 2. The summed E-state index contributed by atoms with van der Waals surface area (Å²) >= 11 is 6.44. The molecule has 0 aliphatic rings. The first-order valence-corrected chi connectivity index (χ1v) is 7.66. The summed E-state index contributed by atoms with van der Waals surface area (Å²) in [6.07, 6.45) is 0. The van der Waals surface area contributed by atoms with Gasteiger partial charge in [-0.25, -0.2) is 0 Å². The number of benzene rings is 1. The van der Waals surface area contributed by atoms with Crippen LogP contribution in [0.4, 0.5) is 5.69 Å². The van der Waals surface area contributed by atoms with E-state index in [2.05, 4.69) is 68.2 Å². The molecule has 0 aliphatic heterocycles. The Labute approximate surface area is 128 Å². The SMILES string of the molecule is CCN(c1ccc(C(C)NC)c(Cl)c1)C(C)CN(C)C. The smallest absolute Gasteiger partial charge is 0.0474 e. The van der Waals surface area contributed by atoms with E-state index in [1.807, 2.05) is 7.05 Å². The second-order valence-electron chi connectivity index (χ2n) is 5.61. The molecule has 0 fully saturated rings. The van der Waals surface area contributed by atoms with Crippen molar-refractivity contribution >= 4 is 17.3 Å². The molecule has 3 nitrogen and oxygen atoms in total. The van der Waals surface area contributed by atoms with E-state index in [1.165, 1.54) is 5.69 Å². The molecule has 1 aromatic carbocycles. The van der Waals surface area contributed by atoms with Gasteiger partial charge in [-0.05, 0) is 59.6 Å². The average molecular weight is 298 g/mol. The molecule has 0 aliphatic carbocycles. The summed E-state index contributed by atoms with van der Waals surface area (Å²) in [5.41, 5.74) is 2.34. The molecule has 0 saturated heterocycles. The highest BCUT2D eigenvalue weighted by molar-refractivity contribution is 6.31. The first-order chi connectivity index (χ1) is 9.40. The fourth-order valence-corrected chi connectivity index (χ4v) is 2.92. The van der Waals surface area contributed by atoms with Crippen LogP contribution in [0.5, 0.6) is 0 Å². The first kappa shape index (κ1) is 17.3. The van der Waals surface area contributed by atoms with Crippen molar-refractivity contribution in [1.29, 1.82) is 0 Å². The van der Waals surface area contributed by atoms with Gasteiger partial charge >= 0.3 is 0 Å². The van der Waals surface area contributed by atoms with Crippen LogP contribution in [-0.4, -0.2) is 45.2 Å². The standard InChI is InChI=1S/C16H28ClN3/c1-7-20(12(2)11-19(5)6)14-8-9-15(13(3)18-4)16(17)10-14/h8-10,12-13,18H,7,11H2,1-6H3. The molecule has 0 spiro atoms. The van der Waals surface area contributed by atoms with Crippen molar-refractivity contribution in [2.45, 2.75) is 32.9 Å². The molecule has 1 N–H and O–H groups in total. The quantitative estimate of drug-likeness (QED) is 0.832. The summed E-state index contributed by atoms with van der Waals surface area (Å²) in [7, 11) is 6.16. The molecule has 1 aromatic rings. The summed E-state index contributed by atoms with van der Waals surface area (Å²) in [5, 5.41) is 4.06. The number of hydrogen-bond acceptors (Lipinski definition) is 3. The van der Waals surface area contributed by atoms with Crippen LogP contribution in [-0.2, 0) is 0 Å². The minimum absolute atomic E-state index is 0.269. The van der Waals surface area contributed by atoms with Crippen LogP contribution in [0, 0.1) is 0 Å². The highest BCUT2D eigenvalue weighted by atomic mass is 35.5. The number of nitrogens with one attached hydrogen (secondary N) is 1. The third-order valence-electron chi connectivity index (χ3n) is 3.72. The summed E-state index contributed by atoms with van der Waals surface area (Å²) in [6.45, 7) is 8.56. The van der Waals surface area contributed by atoms with Crippen LogP contribution in [0.2, 0.25) is 5.02 Å². The fourth-order valence-electron chi connectivity index (χ4n) is 2.58. The van der Waals surface area contributed by atoms with Gasteiger partial charge in [-0.3, -0.25) is 0 Å². The molecule has 2 unspecified atom stereocenters. The number of hydrogen-bond donors (Lipinski definition) is 1. The van der Waals surface area contributed by atoms with E-state index in [1.54, 1.807) is 0 Å². The van der Waals surface area contributed by atoms with E-state index in [-0.39, 0.29) is 6.04 Å². The van der Waals surface area contributed by atoms with Crippen molar-refractivity contribution in [1.82, 2.24) is 10.2 Å². The zero-order valence-corrected chi connectivity index (χ0v) is 14.3. The minimum Gasteiger partial charge on any atom is -0.368 e. The maximum absolute atomic E-state index is 6.44. The zero-order valence-electron chi connectivity index (χ0n) is 13.6. The topological polar surface area (TPSA) is 18.5 Å². The Kier molecular flexibility index (Phi) is 6.80. The Morgan fingerprint density at radius 2 is 1.90 bits per heavy atom. The second kappa shape index (κ2) is 7.87. The minimum atomic E-state index is 0.269. The van der Waals surface area contributed by atoms with Crippen molar-refractivity contribution in [3.63, 3.8) is 0 Å². The molecular formula is C16H28ClN3. The van der Waals surface area contributed by atoms with Crippen molar-refractivity contribution in [3.8, 4) is 0 Å². The Balaban J connectivity index is 2.97. The molecule has 114 valence electrons. The lowest BCUT2D eigenvalue weighted by Gasteiger charge is -2.32. The van der Waals surface area contributed by atoms with Crippen LogP contribution in [0.25, 0.3) is 0 Å². The Morgan fingerprint density at radius 1 is 1.25 bits per heavy atom. The molecular weight excluding hydrogens is 270 g/mol. The summed E-state index contributed by atoms with van der Waals surface area (Å²) in [4.78, 5) is 4.60. The Morgan fingerprint density at radius 3 is 2.35 bits per heavy atom. The molecule has 0 amide bonds. The maximum atomic E-state index is 6.44. The molecule has 0 aromatic heterocycles. The van der Waals surface area contributed by atoms with Gasteiger partial charge in [0.05, 0.1) is 0 Å². The third kappa shape index (κ3) is 4.37. The monoisotopic (exact) mass is 297 g/mol. The van der Waals surface area contributed by atoms with Crippen LogP contribution in [0.3, 0.4) is 0 Å². The van der Waals surface area contributed by atoms with E-state index in [9.17, 15) is 0 Å². The highest BCUT2D eigenvalue weighted by Gasteiger charge is 2.16. The van der Waals surface area contributed by atoms with E-state index < -0.39 is 0 Å². The van der Waals surface area contributed by atoms with Crippen LogP contribution in [0.1, 0.15) is 32.4 Å². The average Bonchev–Trinajstić information content (AvgIpc) is 2.38. The van der Waals surface area contributed by atoms with Gasteiger partial charge in [0.25, 0.3) is 0 Å². The number of halogens is 1. The van der Waals surface area contributed by atoms with Crippen molar-refractivity contribution in [3.05, 3.63) is 28.8 Å². The third-order valence-corrected chi connectivity index (χ3v) is 4.04. The largest absolute Gasteiger partial charge is 0.368 e. The lowest BCUT2D eigenvalue weighted by Crippen LogP contribution is -2.40. The van der Waals surface area contributed by atoms with E-state index in [0.29, 0.717) is 6.04 Å². The van der Waals surface area contributed by atoms with Gasteiger partial charge in [0.15, 0.2) is 0 Å². The van der Waals surface area contributed by atoms with E-state index in [0.717, 1.165) is 23.7 Å². The first-order valence-electron chi connectivity index (χ1n) is 7.28. The van der Waals surface area contributed by atoms with E-state index in [4.69, 9.17) is 11.6 Å². The molecule has 2 atom stereocenters. The predicted octanol–water partition coefficient (Wildman–Crippen LogP) is 3.40. The maximum Gasteiger partial charge on any atom is 0.0474 e. The summed E-state index contributed by atoms with van der Waals surface area (Å²) in [5.74, 6) is 0. The second-order valence-corrected chi connectivity index (χ2v) is 6.02. The molecule has 1 rings (SSSR count). The fraction of sp³-hybridized carbons (Fsp3) is 0.625. The number of anilines is 1. The van der Waals surface area contributed by atoms with Crippen LogP contribution >= 0.6 is 11.6 Å². The van der Waals surface area contributed by atoms with Gasteiger partial charge in [0.1, 0.15) is 0 Å². The van der Waals surface area contributed by atoms with Crippen LogP contribution < -0.4 is 10.2 Å². The lowest BCUT2D eigenvalue weighted by atomic mass is 10.1. The van der Waals surface area contributed by atoms with Gasteiger partial charge in [0, 0.05) is 35.9 Å². The van der Waals surface area contributed by atoms with Gasteiger partial charge < -0.3 is 15.1 Å². The summed E-state index contributed by atoms with van der Waals surface area (Å²) < 4.78 is 0. The Bertz CT molecular complexity index is 420. The highest BCUT2D eigenvalue weighted by Crippen LogP contribution is 2.28. The van der Waals surface area contributed by atoms with Crippen molar-refractivity contribution in [2.75, 3.05) is 39.1 Å². The molecule has 20 heavy (non-hydrogen) atoms. The van der Waals surface area contributed by atoms with Gasteiger partial charge in [-0.2, -0.15) is 0 Å². The van der Waals surface area contributed by atoms with Crippen molar-refractivity contribution in [2.24, 2.45) is 0 Å². The lowest BCUT2D eigenvalue weighted by molar-refractivity contribution is 0.373. The van der Waals surface area contributed by atoms with Crippen LogP contribution in [0.15, 0.2) is 18.2 Å². The van der Waals surface area contributed by atoms with Gasteiger partial charge in [-0.15, -0.1) is 0 Å². The van der Waals surface area contributed by atoms with E-state index >= 15 is 0 Å². The molecule has 0 saturated carbocycles. The number of rotatable bonds is 7. The normalized spacial score (nSPS) is 14.4. The number of nitrogens with zero attached hydrogens (tertiary/aromatic N) is 2. The Hall–Kier alpha value is -0.770. The molecule has 4 heteroatoms. The van der Waals surface area contributed by atoms with Crippen molar-refractivity contribution < 1.29 is 0 Å². The van der Waals surface area contributed by atoms with Gasteiger partial charge in [0.2, 0.25) is 0 Å². The predicted molar refractivity (Wildman–Crippen MR) is 90.0 cm³/mol. The summed E-state index contributed by atoms with van der Waals surface area (Å²) in [6, 6.07) is 7.11. The zero-order chi connectivity index (χ0) is 15.3. The van der Waals surface area contributed by atoms with Gasteiger partial charge in [-0.1, -0.05) is 17.7 Å². The molecule has 0 heterocycles. The molecule has 0 bridgehead atoms. The molecule has 0 radical (unpaired) electrons.